The van der Waals surface area contributed by atoms with Crippen molar-refractivity contribution in [3.05, 3.63) is 52.8 Å². The van der Waals surface area contributed by atoms with Crippen molar-refractivity contribution in [3.8, 4) is 0 Å². The van der Waals surface area contributed by atoms with Crippen LogP contribution in [0.1, 0.15) is 54.9 Å². The molecule has 2 aromatic rings. The molecular weight excluding hydrogens is 258 g/mol. The van der Waals surface area contributed by atoms with E-state index in [4.69, 9.17) is 0 Å². The SMILES string of the molecule is CCCNC(c1ccc(C)cc1)C(C)n1nc(C)cc1C. The maximum atomic E-state index is 4.66. The van der Waals surface area contributed by atoms with Crippen LogP contribution in [0.2, 0.25) is 0 Å². The van der Waals surface area contributed by atoms with Crippen LogP contribution in [0, 0.1) is 20.8 Å². The molecule has 2 atom stereocenters. The van der Waals surface area contributed by atoms with Gasteiger partial charge in [-0.15, -0.1) is 0 Å². The highest BCUT2D eigenvalue weighted by Crippen LogP contribution is 2.27. The zero-order valence-corrected chi connectivity index (χ0v) is 13.9. The molecule has 0 aliphatic rings. The Bertz CT molecular complexity index is 569. The zero-order valence-electron chi connectivity index (χ0n) is 13.9. The van der Waals surface area contributed by atoms with Gasteiger partial charge in [-0.05, 0) is 52.3 Å². The Morgan fingerprint density at radius 2 is 1.81 bits per heavy atom. The van der Waals surface area contributed by atoms with Gasteiger partial charge in [-0.3, -0.25) is 4.68 Å². The summed E-state index contributed by atoms with van der Waals surface area (Å²) in [5.74, 6) is 0. The van der Waals surface area contributed by atoms with Crippen LogP contribution in [-0.2, 0) is 0 Å². The van der Waals surface area contributed by atoms with E-state index in [2.05, 4.69) is 80.0 Å². The number of nitrogens with one attached hydrogen (secondary N) is 1. The predicted molar refractivity (Wildman–Crippen MR) is 88.6 cm³/mol. The predicted octanol–water partition coefficient (Wildman–Crippen LogP) is 4.11. The first-order chi connectivity index (χ1) is 10.0. The van der Waals surface area contributed by atoms with Crippen molar-refractivity contribution in [1.82, 2.24) is 15.1 Å². The summed E-state index contributed by atoms with van der Waals surface area (Å²) < 4.78 is 2.14. The van der Waals surface area contributed by atoms with E-state index in [-0.39, 0.29) is 12.1 Å². The van der Waals surface area contributed by atoms with Crippen molar-refractivity contribution in [3.63, 3.8) is 0 Å². The molecule has 1 aromatic heterocycles. The summed E-state index contributed by atoms with van der Waals surface area (Å²) in [6.45, 7) is 11.8. The van der Waals surface area contributed by atoms with Crippen molar-refractivity contribution in [2.75, 3.05) is 6.54 Å². The molecule has 21 heavy (non-hydrogen) atoms. The van der Waals surface area contributed by atoms with Crippen molar-refractivity contribution in [1.29, 1.82) is 0 Å². The summed E-state index contributed by atoms with van der Waals surface area (Å²) in [6, 6.07) is 11.5. The smallest absolute Gasteiger partial charge is 0.0688 e. The summed E-state index contributed by atoms with van der Waals surface area (Å²) in [6.07, 6.45) is 1.13. The molecule has 3 nitrogen and oxygen atoms in total. The number of hydrogen-bond acceptors (Lipinski definition) is 2. The van der Waals surface area contributed by atoms with E-state index >= 15 is 0 Å². The second-order valence-corrected chi connectivity index (χ2v) is 5.95. The lowest BCUT2D eigenvalue weighted by Crippen LogP contribution is -2.30. The van der Waals surface area contributed by atoms with Crippen LogP contribution in [-0.4, -0.2) is 16.3 Å². The number of aryl methyl sites for hydroxylation is 3. The second-order valence-electron chi connectivity index (χ2n) is 5.95. The first-order valence-electron chi connectivity index (χ1n) is 7.85. The van der Waals surface area contributed by atoms with Crippen LogP contribution in [0.4, 0.5) is 0 Å². The normalized spacial score (nSPS) is 14.1. The molecule has 0 spiro atoms. The topological polar surface area (TPSA) is 29.9 Å². The van der Waals surface area contributed by atoms with Crippen molar-refractivity contribution in [2.45, 2.75) is 53.1 Å². The summed E-state index contributed by atoms with van der Waals surface area (Å²) >= 11 is 0. The highest BCUT2D eigenvalue weighted by molar-refractivity contribution is 5.25. The molecule has 1 heterocycles. The lowest BCUT2D eigenvalue weighted by atomic mass is 9.99. The van der Waals surface area contributed by atoms with E-state index in [9.17, 15) is 0 Å². The fourth-order valence-electron chi connectivity index (χ4n) is 2.84. The number of aromatic nitrogens is 2. The maximum absolute atomic E-state index is 4.66. The fourth-order valence-corrected chi connectivity index (χ4v) is 2.84. The highest BCUT2D eigenvalue weighted by atomic mass is 15.3. The molecule has 1 N–H and O–H groups in total. The van der Waals surface area contributed by atoms with Gasteiger partial charge in [-0.2, -0.15) is 5.10 Å². The maximum Gasteiger partial charge on any atom is 0.0688 e. The molecule has 0 radical (unpaired) electrons. The third-order valence-corrected chi connectivity index (χ3v) is 3.96. The van der Waals surface area contributed by atoms with Crippen LogP contribution in [0.25, 0.3) is 0 Å². The molecule has 3 heteroatoms. The lowest BCUT2D eigenvalue weighted by Gasteiger charge is -2.27. The van der Waals surface area contributed by atoms with Gasteiger partial charge < -0.3 is 5.32 Å². The second kappa shape index (κ2) is 6.90. The van der Waals surface area contributed by atoms with E-state index in [0.717, 1.165) is 18.7 Å². The molecular formula is C18H27N3. The molecule has 1 aromatic carbocycles. The van der Waals surface area contributed by atoms with Crippen LogP contribution in [0.3, 0.4) is 0 Å². The average Bonchev–Trinajstić information content (AvgIpc) is 2.79. The first kappa shape index (κ1) is 15.8. The van der Waals surface area contributed by atoms with Crippen molar-refractivity contribution in [2.24, 2.45) is 0 Å². The van der Waals surface area contributed by atoms with Gasteiger partial charge in [0.2, 0.25) is 0 Å². The van der Waals surface area contributed by atoms with Crippen LogP contribution >= 0.6 is 0 Å². The highest BCUT2D eigenvalue weighted by Gasteiger charge is 2.22. The van der Waals surface area contributed by atoms with Crippen LogP contribution in [0.5, 0.6) is 0 Å². The van der Waals surface area contributed by atoms with Gasteiger partial charge in [-0.25, -0.2) is 0 Å². The lowest BCUT2D eigenvalue weighted by molar-refractivity contribution is 0.348. The molecule has 114 valence electrons. The third-order valence-electron chi connectivity index (χ3n) is 3.96. The average molecular weight is 285 g/mol. The van der Waals surface area contributed by atoms with Gasteiger partial charge in [0.1, 0.15) is 0 Å². The number of nitrogens with zero attached hydrogens (tertiary/aromatic N) is 2. The minimum Gasteiger partial charge on any atom is -0.308 e. The van der Waals surface area contributed by atoms with Gasteiger partial charge in [-0.1, -0.05) is 36.8 Å². The molecule has 0 saturated carbocycles. The number of benzene rings is 1. The van der Waals surface area contributed by atoms with E-state index < -0.39 is 0 Å². The van der Waals surface area contributed by atoms with E-state index in [1.807, 2.05) is 0 Å². The molecule has 0 fully saturated rings. The van der Waals surface area contributed by atoms with Gasteiger partial charge in [0.15, 0.2) is 0 Å². The Balaban J connectivity index is 2.30. The molecule has 0 aliphatic heterocycles. The van der Waals surface area contributed by atoms with Crippen molar-refractivity contribution >= 4 is 0 Å². The molecule has 0 bridgehead atoms. The minimum atomic E-state index is 0.281. The third kappa shape index (κ3) is 3.73. The van der Waals surface area contributed by atoms with Gasteiger partial charge in [0.25, 0.3) is 0 Å². The molecule has 2 rings (SSSR count). The Labute approximate surface area is 128 Å². The molecule has 0 aliphatic carbocycles. The van der Waals surface area contributed by atoms with Crippen LogP contribution in [0.15, 0.2) is 30.3 Å². The number of rotatable bonds is 6. The Hall–Kier alpha value is -1.61. The summed E-state index contributed by atoms with van der Waals surface area (Å²) in [5.41, 5.74) is 4.92. The summed E-state index contributed by atoms with van der Waals surface area (Å²) in [5, 5.41) is 8.34. The Morgan fingerprint density at radius 1 is 1.14 bits per heavy atom. The van der Waals surface area contributed by atoms with Crippen LogP contribution < -0.4 is 5.32 Å². The quantitative estimate of drug-likeness (QED) is 0.865. The fraction of sp³-hybridized carbons (Fsp3) is 0.500. The Kier molecular flexibility index (Phi) is 5.18. The summed E-state index contributed by atoms with van der Waals surface area (Å²) in [4.78, 5) is 0. The van der Waals surface area contributed by atoms with Gasteiger partial charge >= 0.3 is 0 Å². The summed E-state index contributed by atoms with van der Waals surface area (Å²) in [7, 11) is 0. The molecule has 2 unspecified atom stereocenters. The standard InChI is InChI=1S/C18H27N3/c1-6-11-19-18(17-9-7-13(2)8-10-17)16(5)21-15(4)12-14(3)20-21/h7-10,12,16,18-19H,6,11H2,1-5H3. The van der Waals surface area contributed by atoms with Gasteiger partial charge in [0, 0.05) is 5.69 Å². The minimum absolute atomic E-state index is 0.281. The van der Waals surface area contributed by atoms with E-state index in [0.29, 0.717) is 0 Å². The monoisotopic (exact) mass is 285 g/mol. The van der Waals surface area contributed by atoms with E-state index in [1.54, 1.807) is 0 Å². The largest absolute Gasteiger partial charge is 0.308 e. The first-order valence-corrected chi connectivity index (χ1v) is 7.85. The Morgan fingerprint density at radius 3 is 2.33 bits per heavy atom. The van der Waals surface area contributed by atoms with Crippen molar-refractivity contribution < 1.29 is 0 Å². The number of hydrogen-bond donors (Lipinski definition) is 1. The van der Waals surface area contributed by atoms with Gasteiger partial charge in [0.05, 0.1) is 17.8 Å². The zero-order chi connectivity index (χ0) is 15.4. The molecule has 0 saturated heterocycles. The molecule has 0 amide bonds. The van der Waals surface area contributed by atoms with E-state index in [1.165, 1.54) is 16.8 Å².